The fourth-order valence-electron chi connectivity index (χ4n) is 6.83. The summed E-state index contributed by atoms with van der Waals surface area (Å²) in [5.74, 6) is 1.34. The third kappa shape index (κ3) is 11.6. The Balaban J connectivity index is 1.46. The van der Waals surface area contributed by atoms with Crippen molar-refractivity contribution in [2.24, 2.45) is 0 Å². The van der Waals surface area contributed by atoms with Gasteiger partial charge in [0.25, 0.3) is 0 Å². The summed E-state index contributed by atoms with van der Waals surface area (Å²) in [7, 11) is 4.64. The van der Waals surface area contributed by atoms with Crippen LogP contribution in [0.1, 0.15) is 73.9 Å². The van der Waals surface area contributed by atoms with E-state index >= 15 is 0 Å². The van der Waals surface area contributed by atoms with Crippen molar-refractivity contribution in [2.75, 3.05) is 37.9 Å². The molecule has 0 aromatic heterocycles. The Labute approximate surface area is 330 Å². The Hall–Kier alpha value is -3.82. The van der Waals surface area contributed by atoms with E-state index in [-0.39, 0.29) is 55.7 Å². The van der Waals surface area contributed by atoms with E-state index in [1.54, 1.807) is 35.1 Å². The van der Waals surface area contributed by atoms with E-state index in [1.165, 1.54) is 24.8 Å². The lowest BCUT2D eigenvalue weighted by Crippen LogP contribution is -2.31. The molecule has 0 unspecified atom stereocenters. The van der Waals surface area contributed by atoms with Crippen LogP contribution in [0.25, 0.3) is 21.9 Å². The van der Waals surface area contributed by atoms with Crippen LogP contribution >= 0.6 is 21.6 Å². The molecule has 4 aromatic carbocycles. The Bertz CT molecular complexity index is 1920. The van der Waals surface area contributed by atoms with Gasteiger partial charge in [-0.15, -0.1) is 0 Å². The Morgan fingerprint density at radius 1 is 0.982 bits per heavy atom. The van der Waals surface area contributed by atoms with Crippen LogP contribution in [0.2, 0.25) is 0 Å². The van der Waals surface area contributed by atoms with Crippen LogP contribution in [-0.2, 0) is 33.1 Å². The molecule has 0 fully saturated rings. The van der Waals surface area contributed by atoms with Gasteiger partial charge in [-0.2, -0.15) is 0 Å². The number of aryl methyl sites for hydroxylation is 1. The van der Waals surface area contributed by atoms with Crippen molar-refractivity contribution in [1.82, 2.24) is 5.32 Å². The maximum Gasteiger partial charge on any atom is 0.168 e. The Morgan fingerprint density at radius 2 is 1.80 bits per heavy atom. The SMILES string of the molecule is COc1c(O)ccc2c1-c1ccc3ccc(O)cc3c1CSSC[C@@H](O)CC[C@H](O[C@H](NCCCCO)c1ccc(NCC(C)=O)c(CO)c1)CC(=O)CC2. The first-order chi connectivity index (χ1) is 26.6. The molecule has 4 aromatic rings. The number of carbonyl (C=O) groups excluding carboxylic acids is 2. The predicted octanol–water partition coefficient (Wildman–Crippen LogP) is 6.79. The van der Waals surface area contributed by atoms with Crippen LogP contribution in [0.15, 0.2) is 60.7 Å². The average Bonchev–Trinajstić information content (AvgIpc) is 3.17. The van der Waals surface area contributed by atoms with Crippen molar-refractivity contribution in [2.45, 2.75) is 82.7 Å². The van der Waals surface area contributed by atoms with Gasteiger partial charge in [0.05, 0.1) is 32.5 Å². The topological polar surface area (TPSA) is 178 Å². The molecule has 11 nitrogen and oxygen atoms in total. The van der Waals surface area contributed by atoms with Crippen molar-refractivity contribution in [3.05, 3.63) is 82.9 Å². The van der Waals surface area contributed by atoms with Gasteiger partial charge in [0.1, 0.15) is 23.5 Å². The number of ketones is 2. The summed E-state index contributed by atoms with van der Waals surface area (Å²) in [6.45, 7) is 1.94. The number of phenols is 2. The largest absolute Gasteiger partial charge is 0.508 e. The van der Waals surface area contributed by atoms with E-state index < -0.39 is 18.4 Å². The van der Waals surface area contributed by atoms with Gasteiger partial charge in [-0.05, 0) is 109 Å². The summed E-state index contributed by atoms with van der Waals surface area (Å²) >= 11 is 0. The minimum Gasteiger partial charge on any atom is -0.508 e. The number of rotatable bonds is 13. The van der Waals surface area contributed by atoms with Gasteiger partial charge in [0.15, 0.2) is 11.5 Å². The first-order valence-electron chi connectivity index (χ1n) is 18.7. The van der Waals surface area contributed by atoms with Gasteiger partial charge in [-0.1, -0.05) is 51.9 Å². The van der Waals surface area contributed by atoms with E-state index in [9.17, 15) is 35.1 Å². The van der Waals surface area contributed by atoms with Crippen LogP contribution in [0.3, 0.4) is 0 Å². The van der Waals surface area contributed by atoms with Gasteiger partial charge >= 0.3 is 0 Å². The number of methoxy groups -OCH3 is 1. The number of benzene rings is 4. The number of fused-ring (bicyclic) bond motifs is 5. The molecule has 1 aliphatic heterocycles. The third-order valence-corrected chi connectivity index (χ3v) is 12.0. The molecule has 3 atom stereocenters. The lowest BCUT2D eigenvalue weighted by Gasteiger charge is -2.28. The minimum atomic E-state index is -0.663. The van der Waals surface area contributed by atoms with E-state index in [1.807, 2.05) is 36.4 Å². The van der Waals surface area contributed by atoms with Crippen LogP contribution in [0.5, 0.6) is 17.2 Å². The van der Waals surface area contributed by atoms with E-state index in [0.29, 0.717) is 72.7 Å². The number of anilines is 1. The maximum absolute atomic E-state index is 13.9. The number of Topliss-reactive ketones (excluding diaryl/α,β-unsaturated/α-hetero) is 2. The molecule has 7 N–H and O–H groups in total. The molecule has 0 amide bonds. The summed E-state index contributed by atoms with van der Waals surface area (Å²) in [6.07, 6.45) is 0.912. The highest BCUT2D eigenvalue weighted by molar-refractivity contribution is 8.76. The lowest BCUT2D eigenvalue weighted by molar-refractivity contribution is -0.124. The second-order valence-corrected chi connectivity index (χ2v) is 16.3. The molecular weight excluding hydrogens is 741 g/mol. The highest BCUT2D eigenvalue weighted by Gasteiger charge is 2.25. The number of unbranched alkanes of at least 4 members (excludes halogenated alkanes) is 1. The first kappa shape index (κ1) is 42.3. The van der Waals surface area contributed by atoms with E-state index in [0.717, 1.165) is 33.0 Å². The molecular formula is C42H52N2O9S2. The second-order valence-electron chi connectivity index (χ2n) is 13.8. The lowest BCUT2D eigenvalue weighted by atomic mass is 9.89. The normalized spacial score (nSPS) is 17.7. The number of carbonyl (C=O) groups is 2. The number of phenolic OH excluding ortho intramolecular Hbond substituents is 2. The molecule has 0 spiro atoms. The number of aliphatic hydroxyl groups excluding tert-OH is 3. The summed E-state index contributed by atoms with van der Waals surface area (Å²) in [5.41, 5.74) is 5.26. The van der Waals surface area contributed by atoms with E-state index in [2.05, 4.69) is 10.6 Å². The molecule has 0 radical (unpaired) electrons. The number of hydrogen-bond acceptors (Lipinski definition) is 13. The summed E-state index contributed by atoms with van der Waals surface area (Å²) < 4.78 is 12.5. The van der Waals surface area contributed by atoms with Crippen molar-refractivity contribution >= 4 is 49.6 Å². The molecule has 5 rings (SSSR count). The van der Waals surface area contributed by atoms with Crippen molar-refractivity contribution in [3.63, 3.8) is 0 Å². The molecule has 0 saturated heterocycles. The Kier molecular flexibility index (Phi) is 16.1. The quantitative estimate of drug-likeness (QED) is 0.0428. The third-order valence-electron chi connectivity index (χ3n) is 9.68. The Morgan fingerprint density at radius 3 is 2.56 bits per heavy atom. The second kappa shape index (κ2) is 20.9. The van der Waals surface area contributed by atoms with Gasteiger partial charge in [0.2, 0.25) is 0 Å². The summed E-state index contributed by atoms with van der Waals surface area (Å²) in [6, 6.07) is 18.1. The fourth-order valence-corrected chi connectivity index (χ4v) is 9.12. The molecule has 0 bridgehead atoms. The van der Waals surface area contributed by atoms with Gasteiger partial charge in [-0.25, -0.2) is 0 Å². The molecule has 0 saturated carbocycles. The van der Waals surface area contributed by atoms with E-state index in [4.69, 9.17) is 9.47 Å². The molecule has 13 heteroatoms. The first-order valence-corrected chi connectivity index (χ1v) is 21.1. The van der Waals surface area contributed by atoms with Crippen LogP contribution in [-0.4, -0.2) is 81.9 Å². The van der Waals surface area contributed by atoms with Crippen molar-refractivity contribution in [3.8, 4) is 28.4 Å². The molecule has 0 aliphatic carbocycles. The number of aliphatic hydroxyl groups is 3. The minimum absolute atomic E-state index is 0.0212. The van der Waals surface area contributed by atoms with Gasteiger partial charge in [-0.3, -0.25) is 14.9 Å². The van der Waals surface area contributed by atoms with Crippen LogP contribution < -0.4 is 15.4 Å². The fraction of sp³-hybridized carbons (Fsp3) is 0.429. The predicted molar refractivity (Wildman–Crippen MR) is 220 cm³/mol. The zero-order valence-corrected chi connectivity index (χ0v) is 33.0. The number of aromatic hydroxyl groups is 2. The molecule has 1 aliphatic rings. The monoisotopic (exact) mass is 792 g/mol. The van der Waals surface area contributed by atoms with Crippen molar-refractivity contribution in [1.29, 1.82) is 0 Å². The highest BCUT2D eigenvalue weighted by Crippen LogP contribution is 2.45. The van der Waals surface area contributed by atoms with Crippen molar-refractivity contribution < 1.29 is 44.6 Å². The molecule has 296 valence electrons. The molecule has 55 heavy (non-hydrogen) atoms. The smallest absolute Gasteiger partial charge is 0.168 e. The summed E-state index contributed by atoms with van der Waals surface area (Å²) in [5, 5.41) is 60.4. The standard InChI is InChI=1S/C42H52N2O9S2/c1-26(47)22-44-38-15-8-29(19-30(38)23-46)42(43-17-3-4-18-45)53-34-13-12-33(50)24-54-55-25-37-35(14-7-27-5-10-32(49)21-36(27)37)40-28(6-11-31(48)20-34)9-16-39(51)41(40)52-2/h5,7-10,14-16,19,21,33-34,42-46,49-51H,3-4,6,11-13,17-18,20,22-25H2,1-2H3/t33-,34-,42-/m0/s1. The van der Waals surface area contributed by atoms with Crippen LogP contribution in [0, 0.1) is 0 Å². The number of ether oxygens (including phenoxy) is 2. The number of nitrogens with one attached hydrogen (secondary N) is 2. The summed E-state index contributed by atoms with van der Waals surface area (Å²) in [4.78, 5) is 25.5. The zero-order valence-electron chi connectivity index (χ0n) is 31.4. The number of hydrogen-bond donors (Lipinski definition) is 7. The highest BCUT2D eigenvalue weighted by atomic mass is 33.1. The van der Waals surface area contributed by atoms with Crippen LogP contribution in [0.4, 0.5) is 5.69 Å². The maximum atomic E-state index is 13.9. The van der Waals surface area contributed by atoms with Gasteiger partial charge < -0.3 is 40.3 Å². The zero-order chi connectivity index (χ0) is 39.3. The average molecular weight is 793 g/mol. The van der Waals surface area contributed by atoms with Gasteiger partial charge in [0, 0.05) is 47.8 Å². The molecule has 1 heterocycles.